The number of ether oxygens (including phenoxy) is 1. The molecule has 0 aromatic heterocycles. The lowest BCUT2D eigenvalue weighted by Crippen LogP contribution is -2.20. The fourth-order valence-corrected chi connectivity index (χ4v) is 2.19. The Balaban J connectivity index is 2.49. The highest BCUT2D eigenvalue weighted by Gasteiger charge is 2.21. The van der Waals surface area contributed by atoms with Crippen LogP contribution in [0.25, 0.3) is 0 Å². The van der Waals surface area contributed by atoms with Crippen LogP contribution in [0, 0.1) is 0 Å². The minimum absolute atomic E-state index is 0.0679. The van der Waals surface area contributed by atoms with Gasteiger partial charge in [-0.25, -0.2) is 4.79 Å². The van der Waals surface area contributed by atoms with E-state index in [0.717, 1.165) is 30.4 Å². The van der Waals surface area contributed by atoms with Gasteiger partial charge >= 0.3 is 5.97 Å². The second kappa shape index (κ2) is 4.03. The Morgan fingerprint density at radius 1 is 1.53 bits per heavy atom. The Bertz CT molecular complexity index is 387. The Kier molecular flexibility index (Phi) is 2.73. The van der Waals surface area contributed by atoms with Gasteiger partial charge in [-0.1, -0.05) is 12.1 Å². The van der Waals surface area contributed by atoms with Crippen LogP contribution in [0.4, 0.5) is 0 Å². The third kappa shape index (κ3) is 1.75. The van der Waals surface area contributed by atoms with Gasteiger partial charge in [0.05, 0.1) is 12.7 Å². The lowest BCUT2D eigenvalue weighted by atomic mass is 9.85. The third-order valence-electron chi connectivity index (χ3n) is 2.96. The van der Waals surface area contributed by atoms with E-state index in [1.807, 2.05) is 18.2 Å². The summed E-state index contributed by atoms with van der Waals surface area (Å²) >= 11 is 0. The average Bonchev–Trinajstić information content (AvgIpc) is 2.28. The molecular weight excluding hydrogens is 190 g/mol. The van der Waals surface area contributed by atoms with E-state index in [-0.39, 0.29) is 12.0 Å². The molecule has 2 N–H and O–H groups in total. The van der Waals surface area contributed by atoms with Gasteiger partial charge in [-0.3, -0.25) is 0 Å². The highest BCUT2D eigenvalue weighted by atomic mass is 16.5. The number of hydrogen-bond donors (Lipinski definition) is 1. The van der Waals surface area contributed by atoms with Gasteiger partial charge in [0.2, 0.25) is 0 Å². The molecule has 0 heterocycles. The van der Waals surface area contributed by atoms with Gasteiger partial charge in [0.15, 0.2) is 0 Å². The van der Waals surface area contributed by atoms with Crippen LogP contribution < -0.4 is 5.73 Å². The molecule has 1 aliphatic carbocycles. The van der Waals surface area contributed by atoms with Crippen molar-refractivity contribution in [3.8, 4) is 0 Å². The first kappa shape index (κ1) is 10.2. The molecule has 1 aromatic rings. The Hall–Kier alpha value is -1.35. The van der Waals surface area contributed by atoms with Gasteiger partial charge in [0.1, 0.15) is 0 Å². The number of benzene rings is 1. The lowest BCUT2D eigenvalue weighted by molar-refractivity contribution is 0.0599. The quantitative estimate of drug-likeness (QED) is 0.711. The van der Waals surface area contributed by atoms with Crippen molar-refractivity contribution in [1.29, 1.82) is 0 Å². The molecular formula is C12H15NO2. The summed E-state index contributed by atoms with van der Waals surface area (Å²) in [6, 6.07) is 5.75. The van der Waals surface area contributed by atoms with Crippen LogP contribution in [0.3, 0.4) is 0 Å². The van der Waals surface area contributed by atoms with Crippen molar-refractivity contribution >= 4 is 5.97 Å². The smallest absolute Gasteiger partial charge is 0.338 e. The Morgan fingerprint density at radius 2 is 2.33 bits per heavy atom. The maximum atomic E-state index is 11.5. The van der Waals surface area contributed by atoms with Crippen molar-refractivity contribution in [2.24, 2.45) is 5.73 Å². The van der Waals surface area contributed by atoms with Gasteiger partial charge < -0.3 is 10.5 Å². The molecule has 0 saturated heterocycles. The molecule has 0 radical (unpaired) electrons. The molecule has 0 bridgehead atoms. The average molecular weight is 205 g/mol. The molecule has 1 aliphatic rings. The highest BCUT2D eigenvalue weighted by Crippen LogP contribution is 2.30. The topological polar surface area (TPSA) is 52.3 Å². The summed E-state index contributed by atoms with van der Waals surface area (Å²) in [7, 11) is 1.41. The van der Waals surface area contributed by atoms with Gasteiger partial charge in [0, 0.05) is 6.04 Å². The molecule has 80 valence electrons. The van der Waals surface area contributed by atoms with Crippen LogP contribution in [0.15, 0.2) is 18.2 Å². The molecule has 1 aromatic carbocycles. The first-order valence-electron chi connectivity index (χ1n) is 5.19. The highest BCUT2D eigenvalue weighted by molar-refractivity contribution is 5.91. The molecule has 0 aliphatic heterocycles. The van der Waals surface area contributed by atoms with Crippen molar-refractivity contribution in [2.75, 3.05) is 7.11 Å². The summed E-state index contributed by atoms with van der Waals surface area (Å²) in [6.45, 7) is 0. The lowest BCUT2D eigenvalue weighted by Gasteiger charge is -2.23. The molecule has 3 heteroatoms. The van der Waals surface area contributed by atoms with E-state index in [0.29, 0.717) is 5.56 Å². The van der Waals surface area contributed by atoms with Crippen LogP contribution in [0.5, 0.6) is 0 Å². The molecule has 0 amide bonds. The van der Waals surface area contributed by atoms with E-state index in [9.17, 15) is 4.79 Å². The predicted molar refractivity (Wildman–Crippen MR) is 57.6 cm³/mol. The van der Waals surface area contributed by atoms with E-state index in [4.69, 9.17) is 10.5 Å². The molecule has 0 fully saturated rings. The summed E-state index contributed by atoms with van der Waals surface area (Å²) in [5, 5.41) is 0. The number of methoxy groups -OCH3 is 1. The van der Waals surface area contributed by atoms with E-state index in [2.05, 4.69) is 0 Å². The monoisotopic (exact) mass is 205 g/mol. The van der Waals surface area contributed by atoms with Crippen LogP contribution >= 0.6 is 0 Å². The van der Waals surface area contributed by atoms with E-state index in [1.165, 1.54) is 7.11 Å². The second-order valence-electron chi connectivity index (χ2n) is 3.86. The van der Waals surface area contributed by atoms with Crippen molar-refractivity contribution in [3.63, 3.8) is 0 Å². The number of rotatable bonds is 1. The zero-order valence-electron chi connectivity index (χ0n) is 8.82. The molecule has 1 unspecified atom stereocenters. The van der Waals surface area contributed by atoms with Gasteiger partial charge in [-0.05, 0) is 36.5 Å². The number of carbonyl (C=O) groups excluding carboxylic acids is 1. The summed E-state index contributed by atoms with van der Waals surface area (Å²) in [4.78, 5) is 11.5. The van der Waals surface area contributed by atoms with Gasteiger partial charge in [0.25, 0.3) is 0 Å². The largest absolute Gasteiger partial charge is 0.465 e. The number of esters is 1. The number of hydrogen-bond acceptors (Lipinski definition) is 3. The minimum atomic E-state index is -0.263. The summed E-state index contributed by atoms with van der Waals surface area (Å²) in [5.74, 6) is -0.263. The normalized spacial score (nSPS) is 19.5. The van der Waals surface area contributed by atoms with E-state index < -0.39 is 0 Å². The van der Waals surface area contributed by atoms with Crippen molar-refractivity contribution in [2.45, 2.75) is 25.3 Å². The fraction of sp³-hybridized carbons (Fsp3) is 0.417. The second-order valence-corrected chi connectivity index (χ2v) is 3.86. The van der Waals surface area contributed by atoms with Crippen LogP contribution in [-0.4, -0.2) is 13.1 Å². The summed E-state index contributed by atoms with van der Waals surface area (Å²) in [6.07, 6.45) is 2.97. The number of carbonyl (C=O) groups is 1. The maximum absolute atomic E-state index is 11.5. The van der Waals surface area contributed by atoms with Crippen molar-refractivity contribution in [1.82, 2.24) is 0 Å². The zero-order chi connectivity index (χ0) is 10.8. The van der Waals surface area contributed by atoms with Crippen LogP contribution in [0.1, 0.15) is 40.4 Å². The van der Waals surface area contributed by atoms with Crippen molar-refractivity contribution in [3.05, 3.63) is 34.9 Å². The maximum Gasteiger partial charge on any atom is 0.338 e. The standard InChI is InChI=1S/C12H15NO2/c1-15-12(14)10-6-2-5-9-8(10)4-3-7-11(9)13/h2,5-6,11H,3-4,7,13H2,1H3. The molecule has 3 nitrogen and oxygen atoms in total. The van der Waals surface area contributed by atoms with E-state index >= 15 is 0 Å². The molecule has 1 atom stereocenters. The molecule has 0 saturated carbocycles. The third-order valence-corrected chi connectivity index (χ3v) is 2.96. The predicted octanol–water partition coefficient (Wildman–Crippen LogP) is 1.81. The number of fused-ring (bicyclic) bond motifs is 1. The molecule has 0 spiro atoms. The van der Waals surface area contributed by atoms with Crippen molar-refractivity contribution < 1.29 is 9.53 Å². The zero-order valence-corrected chi connectivity index (χ0v) is 8.82. The Labute approximate surface area is 89.2 Å². The molecule has 2 rings (SSSR count). The first-order chi connectivity index (χ1) is 7.24. The van der Waals surface area contributed by atoms with E-state index in [1.54, 1.807) is 0 Å². The number of nitrogens with two attached hydrogens (primary N) is 1. The van der Waals surface area contributed by atoms with Crippen LogP contribution in [-0.2, 0) is 11.2 Å². The summed E-state index contributed by atoms with van der Waals surface area (Å²) in [5.41, 5.74) is 8.85. The van der Waals surface area contributed by atoms with Gasteiger partial charge in [-0.15, -0.1) is 0 Å². The summed E-state index contributed by atoms with van der Waals surface area (Å²) < 4.78 is 4.76. The Morgan fingerprint density at radius 3 is 3.07 bits per heavy atom. The SMILES string of the molecule is COC(=O)c1cccc2c1CCCC2N. The fourth-order valence-electron chi connectivity index (χ4n) is 2.19. The molecule has 15 heavy (non-hydrogen) atoms. The minimum Gasteiger partial charge on any atom is -0.465 e. The van der Waals surface area contributed by atoms with Gasteiger partial charge in [-0.2, -0.15) is 0 Å². The van der Waals surface area contributed by atoms with Crippen LogP contribution in [0.2, 0.25) is 0 Å². The first-order valence-corrected chi connectivity index (χ1v) is 5.19.